The molecular formula is C15H24O3. The van der Waals surface area contributed by atoms with E-state index in [0.717, 1.165) is 19.3 Å². The molecule has 1 heterocycles. The molecule has 3 heteroatoms. The van der Waals surface area contributed by atoms with Crippen molar-refractivity contribution >= 4 is 5.78 Å². The first-order chi connectivity index (χ1) is 8.39. The molecular weight excluding hydrogens is 228 g/mol. The van der Waals surface area contributed by atoms with Crippen molar-refractivity contribution in [2.24, 2.45) is 11.3 Å². The lowest BCUT2D eigenvalue weighted by Gasteiger charge is -2.51. The van der Waals surface area contributed by atoms with Gasteiger partial charge in [0.15, 0.2) is 5.79 Å². The van der Waals surface area contributed by atoms with Crippen LogP contribution in [-0.2, 0) is 14.3 Å². The van der Waals surface area contributed by atoms with E-state index in [2.05, 4.69) is 20.4 Å². The van der Waals surface area contributed by atoms with Crippen molar-refractivity contribution in [2.45, 2.75) is 52.2 Å². The predicted octanol–water partition coefficient (Wildman–Crippen LogP) is 3.09. The third-order valence-corrected chi connectivity index (χ3v) is 4.66. The summed E-state index contributed by atoms with van der Waals surface area (Å²) in [4.78, 5) is 11.2. The van der Waals surface area contributed by atoms with Gasteiger partial charge in [-0.15, -0.1) is 0 Å². The molecule has 0 aromatic heterocycles. The van der Waals surface area contributed by atoms with Crippen LogP contribution in [0, 0.1) is 11.3 Å². The number of rotatable bonds is 3. The van der Waals surface area contributed by atoms with E-state index < -0.39 is 5.79 Å². The zero-order chi connectivity index (χ0) is 13.4. The van der Waals surface area contributed by atoms with Gasteiger partial charge in [0, 0.05) is 18.3 Å². The lowest BCUT2D eigenvalue weighted by Crippen LogP contribution is -2.53. The van der Waals surface area contributed by atoms with Crippen molar-refractivity contribution in [3.8, 4) is 0 Å². The van der Waals surface area contributed by atoms with Crippen LogP contribution in [0.2, 0.25) is 0 Å². The Labute approximate surface area is 110 Å². The smallest absolute Gasteiger partial charge is 0.174 e. The monoisotopic (exact) mass is 252 g/mol. The van der Waals surface area contributed by atoms with Crippen LogP contribution in [0.1, 0.15) is 46.5 Å². The SMILES string of the molecule is C=C1CCC2(OCCO2)C(C)(C)[C@@H]1CCC(C)=O. The quantitative estimate of drug-likeness (QED) is 0.724. The van der Waals surface area contributed by atoms with Gasteiger partial charge in [-0.2, -0.15) is 0 Å². The van der Waals surface area contributed by atoms with Gasteiger partial charge < -0.3 is 14.3 Å². The summed E-state index contributed by atoms with van der Waals surface area (Å²) in [6, 6.07) is 0. The normalized spacial score (nSPS) is 29.7. The highest BCUT2D eigenvalue weighted by atomic mass is 16.7. The van der Waals surface area contributed by atoms with Gasteiger partial charge in [0.05, 0.1) is 13.2 Å². The maximum absolute atomic E-state index is 11.2. The molecule has 1 saturated heterocycles. The molecule has 0 amide bonds. The summed E-state index contributed by atoms with van der Waals surface area (Å²) in [5.41, 5.74) is 1.12. The van der Waals surface area contributed by atoms with Crippen molar-refractivity contribution in [1.82, 2.24) is 0 Å². The molecule has 1 atom stereocenters. The summed E-state index contributed by atoms with van der Waals surface area (Å²) < 4.78 is 11.9. The Kier molecular flexibility index (Phi) is 3.65. The van der Waals surface area contributed by atoms with Crippen LogP contribution in [-0.4, -0.2) is 24.8 Å². The number of hydrogen-bond donors (Lipinski definition) is 0. The van der Waals surface area contributed by atoms with E-state index in [0.29, 0.717) is 25.6 Å². The van der Waals surface area contributed by atoms with E-state index in [9.17, 15) is 4.79 Å². The summed E-state index contributed by atoms with van der Waals surface area (Å²) in [6.07, 6.45) is 3.29. The molecule has 0 unspecified atom stereocenters. The van der Waals surface area contributed by atoms with E-state index in [1.54, 1.807) is 6.92 Å². The minimum atomic E-state index is -0.463. The molecule has 102 valence electrons. The first-order valence-electron chi connectivity index (χ1n) is 6.84. The molecule has 1 aliphatic heterocycles. The van der Waals surface area contributed by atoms with Crippen molar-refractivity contribution in [3.63, 3.8) is 0 Å². The van der Waals surface area contributed by atoms with Gasteiger partial charge in [0.2, 0.25) is 0 Å². The molecule has 1 saturated carbocycles. The average Bonchev–Trinajstić information content (AvgIpc) is 2.74. The second kappa shape index (κ2) is 4.78. The number of ether oxygens (including phenoxy) is 2. The average molecular weight is 252 g/mol. The van der Waals surface area contributed by atoms with Crippen molar-refractivity contribution in [2.75, 3.05) is 13.2 Å². The van der Waals surface area contributed by atoms with Gasteiger partial charge in [0.25, 0.3) is 0 Å². The third kappa shape index (κ3) is 2.14. The largest absolute Gasteiger partial charge is 0.347 e. The van der Waals surface area contributed by atoms with Crippen LogP contribution in [0.3, 0.4) is 0 Å². The van der Waals surface area contributed by atoms with E-state index in [1.807, 2.05) is 0 Å². The lowest BCUT2D eigenvalue weighted by atomic mass is 9.61. The molecule has 3 nitrogen and oxygen atoms in total. The Morgan fingerprint density at radius 2 is 2.00 bits per heavy atom. The van der Waals surface area contributed by atoms with Crippen LogP contribution < -0.4 is 0 Å². The van der Waals surface area contributed by atoms with Gasteiger partial charge >= 0.3 is 0 Å². The van der Waals surface area contributed by atoms with Crippen LogP contribution in [0.25, 0.3) is 0 Å². The molecule has 18 heavy (non-hydrogen) atoms. The Morgan fingerprint density at radius 1 is 1.39 bits per heavy atom. The Bertz CT molecular complexity index is 351. The molecule has 1 aliphatic carbocycles. The number of carbonyl (C=O) groups excluding carboxylic acids is 1. The predicted molar refractivity (Wildman–Crippen MR) is 70.2 cm³/mol. The lowest BCUT2D eigenvalue weighted by molar-refractivity contribution is -0.253. The second-order valence-corrected chi connectivity index (χ2v) is 6.12. The Balaban J connectivity index is 2.19. The molecule has 0 aromatic carbocycles. The molecule has 0 N–H and O–H groups in total. The summed E-state index contributed by atoms with van der Waals surface area (Å²) in [6.45, 7) is 11.6. The van der Waals surface area contributed by atoms with Crippen molar-refractivity contribution in [3.05, 3.63) is 12.2 Å². The van der Waals surface area contributed by atoms with Gasteiger partial charge in [0.1, 0.15) is 5.78 Å². The fraction of sp³-hybridized carbons (Fsp3) is 0.800. The first-order valence-corrected chi connectivity index (χ1v) is 6.84. The van der Waals surface area contributed by atoms with E-state index in [1.165, 1.54) is 5.57 Å². The maximum atomic E-state index is 11.2. The Hall–Kier alpha value is -0.670. The maximum Gasteiger partial charge on any atom is 0.174 e. The summed E-state index contributed by atoms with van der Waals surface area (Å²) in [5.74, 6) is 0.0788. The van der Waals surface area contributed by atoms with Crippen LogP contribution in [0.15, 0.2) is 12.2 Å². The van der Waals surface area contributed by atoms with Crippen LogP contribution >= 0.6 is 0 Å². The summed E-state index contributed by atoms with van der Waals surface area (Å²) >= 11 is 0. The summed E-state index contributed by atoms with van der Waals surface area (Å²) in [7, 11) is 0. The fourth-order valence-electron chi connectivity index (χ4n) is 3.48. The number of allylic oxidation sites excluding steroid dienone is 1. The zero-order valence-corrected chi connectivity index (χ0v) is 11.8. The number of ketones is 1. The minimum Gasteiger partial charge on any atom is -0.347 e. The Morgan fingerprint density at radius 3 is 2.56 bits per heavy atom. The first kappa shape index (κ1) is 13.8. The molecule has 2 aliphatic rings. The van der Waals surface area contributed by atoms with E-state index >= 15 is 0 Å². The zero-order valence-electron chi connectivity index (χ0n) is 11.8. The van der Waals surface area contributed by atoms with Crippen molar-refractivity contribution in [1.29, 1.82) is 0 Å². The van der Waals surface area contributed by atoms with Crippen LogP contribution in [0.5, 0.6) is 0 Å². The van der Waals surface area contributed by atoms with Crippen LogP contribution in [0.4, 0.5) is 0 Å². The van der Waals surface area contributed by atoms with E-state index in [-0.39, 0.29) is 11.2 Å². The highest BCUT2D eigenvalue weighted by Crippen LogP contribution is 2.54. The standard InChI is InChI=1S/C15H24O3/c1-11-7-8-15(17-9-10-18-15)14(3,4)13(11)6-5-12(2)16/h13H,1,5-10H2,2-4H3/t13-/m1/s1. The summed E-state index contributed by atoms with van der Waals surface area (Å²) in [5, 5.41) is 0. The van der Waals surface area contributed by atoms with Gasteiger partial charge in [-0.05, 0) is 25.7 Å². The topological polar surface area (TPSA) is 35.5 Å². The highest BCUT2D eigenvalue weighted by molar-refractivity contribution is 5.75. The molecule has 2 fully saturated rings. The second-order valence-electron chi connectivity index (χ2n) is 6.12. The number of hydrogen-bond acceptors (Lipinski definition) is 3. The third-order valence-electron chi connectivity index (χ3n) is 4.66. The van der Waals surface area contributed by atoms with Crippen molar-refractivity contribution < 1.29 is 14.3 Å². The van der Waals surface area contributed by atoms with Gasteiger partial charge in [-0.3, -0.25) is 0 Å². The van der Waals surface area contributed by atoms with Gasteiger partial charge in [-0.25, -0.2) is 0 Å². The molecule has 0 radical (unpaired) electrons. The van der Waals surface area contributed by atoms with E-state index in [4.69, 9.17) is 9.47 Å². The minimum absolute atomic E-state index is 0.117. The molecule has 0 aromatic rings. The number of carbonyl (C=O) groups is 1. The molecule has 0 bridgehead atoms. The molecule has 1 spiro atoms. The van der Waals surface area contributed by atoms with Gasteiger partial charge in [-0.1, -0.05) is 26.0 Å². The number of Topliss-reactive ketones (excluding diaryl/α,β-unsaturated/α-hetero) is 1. The highest BCUT2D eigenvalue weighted by Gasteiger charge is 2.56. The fourth-order valence-corrected chi connectivity index (χ4v) is 3.48. The molecule has 2 rings (SSSR count).